The number of amides is 1. The molecule has 3 N–H and O–H groups in total. The second-order valence-electron chi connectivity index (χ2n) is 8.33. The van der Waals surface area contributed by atoms with Crippen LogP contribution in [0.3, 0.4) is 0 Å². The van der Waals surface area contributed by atoms with Crippen LogP contribution in [0, 0.1) is 6.92 Å². The highest BCUT2D eigenvalue weighted by Crippen LogP contribution is 2.28. The van der Waals surface area contributed by atoms with Gasteiger partial charge in [-0.1, -0.05) is 17.7 Å². The van der Waals surface area contributed by atoms with Crippen LogP contribution in [0.15, 0.2) is 41.3 Å². The average Bonchev–Trinajstić information content (AvgIpc) is 3.33. The minimum absolute atomic E-state index is 0.0181. The number of sulfonamides is 1. The van der Waals surface area contributed by atoms with Crippen molar-refractivity contribution in [2.75, 3.05) is 49.0 Å². The van der Waals surface area contributed by atoms with E-state index in [9.17, 15) is 13.2 Å². The van der Waals surface area contributed by atoms with Gasteiger partial charge in [-0.25, -0.2) is 8.42 Å². The van der Waals surface area contributed by atoms with E-state index in [-0.39, 0.29) is 16.9 Å². The Bertz CT molecular complexity index is 1110. The lowest BCUT2D eigenvalue weighted by atomic mass is 10.1. The van der Waals surface area contributed by atoms with Crippen LogP contribution in [-0.2, 0) is 14.8 Å². The van der Waals surface area contributed by atoms with E-state index in [2.05, 4.69) is 20.3 Å². The molecule has 0 unspecified atom stereocenters. The number of nitrogens with zero attached hydrogens (tertiary/aromatic N) is 1. The van der Waals surface area contributed by atoms with Crippen LogP contribution in [0.25, 0.3) is 0 Å². The number of hydrogen-bond donors (Lipinski definition) is 3. The summed E-state index contributed by atoms with van der Waals surface area (Å²) in [4.78, 5) is 15.3. The smallest absolute Gasteiger partial charge is 0.261 e. The fourth-order valence-electron chi connectivity index (χ4n) is 4.02. The number of benzene rings is 2. The lowest BCUT2D eigenvalue weighted by Gasteiger charge is -2.31. The molecule has 10 heteroatoms. The molecule has 33 heavy (non-hydrogen) atoms. The Morgan fingerprint density at radius 2 is 2.00 bits per heavy atom. The molecule has 0 bridgehead atoms. The molecule has 0 radical (unpaired) electrons. The molecule has 0 spiro atoms. The van der Waals surface area contributed by atoms with Crippen molar-refractivity contribution in [2.45, 2.75) is 30.8 Å². The van der Waals surface area contributed by atoms with Gasteiger partial charge >= 0.3 is 0 Å². The Kier molecular flexibility index (Phi) is 7.43. The number of ether oxygens (including phenoxy) is 1. The van der Waals surface area contributed by atoms with Gasteiger partial charge in [0.1, 0.15) is 0 Å². The second-order valence-corrected chi connectivity index (χ2v) is 10.4. The van der Waals surface area contributed by atoms with Crippen molar-refractivity contribution in [1.29, 1.82) is 0 Å². The second kappa shape index (κ2) is 10.3. The van der Waals surface area contributed by atoms with Crippen LogP contribution in [0.5, 0.6) is 0 Å². The fourth-order valence-corrected chi connectivity index (χ4v) is 5.35. The monoisotopic (exact) mass is 492 g/mol. The minimum atomic E-state index is -3.87. The molecular weight excluding hydrogens is 464 g/mol. The highest BCUT2D eigenvalue weighted by Gasteiger charge is 2.23. The SMILES string of the molecule is Cc1ccc(S(=O)(=O)Nc2ccc(N3CCNCC3)c(C(=O)NC[C@@H]3CCCO3)c2)cc1Cl. The number of anilines is 2. The molecule has 0 aliphatic carbocycles. The van der Waals surface area contributed by atoms with Crippen molar-refractivity contribution >= 4 is 38.9 Å². The first kappa shape index (κ1) is 23.8. The zero-order chi connectivity index (χ0) is 23.4. The highest BCUT2D eigenvalue weighted by molar-refractivity contribution is 7.92. The summed E-state index contributed by atoms with van der Waals surface area (Å²) in [5, 5.41) is 6.63. The van der Waals surface area contributed by atoms with Gasteiger partial charge in [0.2, 0.25) is 0 Å². The normalized spacial score (nSPS) is 18.8. The maximum atomic E-state index is 13.1. The van der Waals surface area contributed by atoms with Crippen molar-refractivity contribution < 1.29 is 17.9 Å². The molecule has 2 heterocycles. The van der Waals surface area contributed by atoms with E-state index in [0.29, 0.717) is 29.4 Å². The zero-order valence-corrected chi connectivity index (χ0v) is 20.1. The third-order valence-electron chi connectivity index (χ3n) is 5.92. The summed E-state index contributed by atoms with van der Waals surface area (Å²) < 4.78 is 34.0. The van der Waals surface area contributed by atoms with E-state index in [1.54, 1.807) is 24.3 Å². The molecule has 2 aliphatic rings. The topological polar surface area (TPSA) is 99.8 Å². The van der Waals surface area contributed by atoms with Crippen LogP contribution >= 0.6 is 11.6 Å². The molecule has 2 aromatic carbocycles. The van der Waals surface area contributed by atoms with Crippen molar-refractivity contribution in [1.82, 2.24) is 10.6 Å². The average molecular weight is 493 g/mol. The van der Waals surface area contributed by atoms with Crippen molar-refractivity contribution in [2.24, 2.45) is 0 Å². The maximum absolute atomic E-state index is 13.1. The Labute approximate surface area is 199 Å². The lowest BCUT2D eigenvalue weighted by Crippen LogP contribution is -2.44. The van der Waals surface area contributed by atoms with E-state index in [4.69, 9.17) is 16.3 Å². The number of nitrogens with one attached hydrogen (secondary N) is 3. The molecule has 1 atom stereocenters. The quantitative estimate of drug-likeness (QED) is 0.549. The molecule has 178 valence electrons. The van der Waals surface area contributed by atoms with Gasteiger partial charge in [-0.3, -0.25) is 9.52 Å². The molecule has 2 aliphatic heterocycles. The number of carbonyl (C=O) groups excluding carboxylic acids is 1. The first-order chi connectivity index (χ1) is 15.8. The van der Waals surface area contributed by atoms with E-state index in [1.807, 2.05) is 6.92 Å². The van der Waals surface area contributed by atoms with Crippen LogP contribution in [0.1, 0.15) is 28.8 Å². The number of hydrogen-bond acceptors (Lipinski definition) is 6. The molecule has 8 nitrogen and oxygen atoms in total. The van der Waals surface area contributed by atoms with Gasteiger partial charge in [-0.2, -0.15) is 0 Å². The third-order valence-corrected chi connectivity index (χ3v) is 7.71. The van der Waals surface area contributed by atoms with Gasteiger partial charge in [-0.15, -0.1) is 0 Å². The summed E-state index contributed by atoms with van der Waals surface area (Å²) in [6, 6.07) is 9.66. The van der Waals surface area contributed by atoms with Crippen molar-refractivity contribution in [3.63, 3.8) is 0 Å². The Morgan fingerprint density at radius 3 is 2.70 bits per heavy atom. The first-order valence-electron chi connectivity index (χ1n) is 11.1. The van der Waals surface area contributed by atoms with Gasteiger partial charge in [0, 0.05) is 55.7 Å². The summed E-state index contributed by atoms with van der Waals surface area (Å²) in [6.07, 6.45) is 1.93. The van der Waals surface area contributed by atoms with Crippen LogP contribution in [-0.4, -0.2) is 59.8 Å². The Balaban J connectivity index is 1.59. The van der Waals surface area contributed by atoms with Gasteiger partial charge < -0.3 is 20.3 Å². The predicted octanol–water partition coefficient (Wildman–Crippen LogP) is 2.77. The molecule has 2 saturated heterocycles. The number of halogens is 1. The van der Waals surface area contributed by atoms with Crippen molar-refractivity contribution in [3.8, 4) is 0 Å². The van der Waals surface area contributed by atoms with Crippen molar-refractivity contribution in [3.05, 3.63) is 52.5 Å². The standard InChI is InChI=1S/C23H29ClN4O4S/c1-16-4-6-19(14-21(16)24)33(30,31)27-17-5-7-22(28-10-8-25-9-11-28)20(13-17)23(29)26-15-18-3-2-12-32-18/h4-7,13-14,18,25,27H,2-3,8-12,15H2,1H3,(H,26,29)/t18-/m0/s1. The molecule has 1 amide bonds. The molecular formula is C23H29ClN4O4S. The number of rotatable bonds is 7. The highest BCUT2D eigenvalue weighted by atomic mass is 35.5. The summed E-state index contributed by atoms with van der Waals surface area (Å²) in [6.45, 7) is 6.12. The van der Waals surface area contributed by atoms with E-state index < -0.39 is 10.0 Å². The zero-order valence-electron chi connectivity index (χ0n) is 18.6. The molecule has 2 aromatic rings. The Hall–Kier alpha value is -2.33. The van der Waals surface area contributed by atoms with Gasteiger partial charge in [0.05, 0.1) is 16.6 Å². The summed E-state index contributed by atoms with van der Waals surface area (Å²) >= 11 is 6.12. The predicted molar refractivity (Wildman–Crippen MR) is 130 cm³/mol. The van der Waals surface area contributed by atoms with Crippen LogP contribution in [0.4, 0.5) is 11.4 Å². The van der Waals surface area contributed by atoms with E-state index >= 15 is 0 Å². The third kappa shape index (κ3) is 5.78. The van der Waals surface area contributed by atoms with Gasteiger partial charge in [-0.05, 0) is 55.7 Å². The fraction of sp³-hybridized carbons (Fsp3) is 0.435. The minimum Gasteiger partial charge on any atom is -0.376 e. The van der Waals surface area contributed by atoms with Gasteiger partial charge in [0.15, 0.2) is 0 Å². The first-order valence-corrected chi connectivity index (χ1v) is 13.0. The summed E-state index contributed by atoms with van der Waals surface area (Å²) in [7, 11) is -3.87. The number of carbonyl (C=O) groups is 1. The lowest BCUT2D eigenvalue weighted by molar-refractivity contribution is 0.0858. The largest absolute Gasteiger partial charge is 0.376 e. The molecule has 2 fully saturated rings. The summed E-state index contributed by atoms with van der Waals surface area (Å²) in [5.74, 6) is -0.251. The van der Waals surface area contributed by atoms with E-state index in [0.717, 1.165) is 50.3 Å². The maximum Gasteiger partial charge on any atom is 0.261 e. The Morgan fingerprint density at radius 1 is 1.21 bits per heavy atom. The van der Waals surface area contributed by atoms with Crippen LogP contribution in [0.2, 0.25) is 5.02 Å². The number of aryl methyl sites for hydroxylation is 1. The molecule has 4 rings (SSSR count). The summed E-state index contributed by atoms with van der Waals surface area (Å²) in [5.41, 5.74) is 2.31. The van der Waals surface area contributed by atoms with E-state index in [1.165, 1.54) is 12.1 Å². The molecule has 0 saturated carbocycles. The van der Waals surface area contributed by atoms with Gasteiger partial charge in [0.25, 0.3) is 15.9 Å². The molecule has 0 aromatic heterocycles. The van der Waals surface area contributed by atoms with Crippen LogP contribution < -0.4 is 20.3 Å². The number of piperazine rings is 1.